The van der Waals surface area contributed by atoms with E-state index in [0.717, 1.165) is 21.7 Å². The number of nitrogens with zero attached hydrogens (tertiary/aromatic N) is 1. The van der Waals surface area contributed by atoms with Crippen LogP contribution < -0.4 is 5.32 Å². The molecule has 0 aliphatic carbocycles. The van der Waals surface area contributed by atoms with Crippen LogP contribution in [0.3, 0.4) is 0 Å². The third kappa shape index (κ3) is 2.89. The van der Waals surface area contributed by atoms with Crippen molar-refractivity contribution in [3.05, 3.63) is 60.6 Å². The largest absolute Gasteiger partial charge is 0.372 e. The summed E-state index contributed by atoms with van der Waals surface area (Å²) in [5.74, 6) is 0. The number of benzene rings is 1. The smallest absolute Gasteiger partial charge is 0.152 e. The van der Waals surface area contributed by atoms with Crippen LogP contribution in [0.15, 0.2) is 64.8 Å². The average Bonchev–Trinajstić information content (AvgIpc) is 2.98. The van der Waals surface area contributed by atoms with E-state index in [1.165, 1.54) is 16.7 Å². The van der Waals surface area contributed by atoms with Crippen LogP contribution in [0.25, 0.3) is 4.91 Å². The number of rotatable bonds is 4. The van der Waals surface area contributed by atoms with Gasteiger partial charge in [-0.05, 0) is 18.2 Å². The minimum Gasteiger partial charge on any atom is -0.372 e. The second-order valence-electron chi connectivity index (χ2n) is 4.14. The lowest BCUT2D eigenvalue weighted by atomic mass is 10.3. The molecule has 100 valence electrons. The van der Waals surface area contributed by atoms with Gasteiger partial charge in [-0.25, -0.2) is 0 Å². The summed E-state index contributed by atoms with van der Waals surface area (Å²) in [4.78, 5) is 18.4. The van der Waals surface area contributed by atoms with Gasteiger partial charge in [0.15, 0.2) is 6.29 Å². The van der Waals surface area contributed by atoms with Gasteiger partial charge in [-0.3, -0.25) is 4.98 Å². The predicted molar refractivity (Wildman–Crippen MR) is 83.4 cm³/mol. The van der Waals surface area contributed by atoms with E-state index in [9.17, 15) is 4.79 Å². The summed E-state index contributed by atoms with van der Waals surface area (Å²) in [6.07, 6.45) is 6.43. The lowest BCUT2D eigenvalue weighted by Crippen LogP contribution is -2.16. The molecular weight excluding hydrogens is 288 g/mol. The van der Waals surface area contributed by atoms with Crippen molar-refractivity contribution in [1.29, 1.82) is 0 Å². The molecule has 1 aromatic carbocycles. The second-order valence-corrected chi connectivity index (χ2v) is 6.44. The van der Waals surface area contributed by atoms with Gasteiger partial charge in [0.1, 0.15) is 5.37 Å². The number of thioether (sulfide) groups is 1. The molecule has 3 rings (SSSR count). The number of carbonyl (C=O) groups excluding carboxylic acids is 1. The van der Waals surface area contributed by atoms with Crippen molar-refractivity contribution in [3.8, 4) is 0 Å². The molecule has 1 aliphatic rings. The molecule has 2 aromatic rings. The van der Waals surface area contributed by atoms with Gasteiger partial charge in [-0.1, -0.05) is 41.7 Å². The van der Waals surface area contributed by atoms with Crippen LogP contribution in [0.5, 0.6) is 0 Å². The van der Waals surface area contributed by atoms with E-state index < -0.39 is 0 Å². The third-order valence-corrected chi connectivity index (χ3v) is 4.95. The molecule has 1 aliphatic heterocycles. The average molecular weight is 300 g/mol. The van der Waals surface area contributed by atoms with Gasteiger partial charge in [0.05, 0.1) is 0 Å². The first kappa shape index (κ1) is 13.3. The minimum absolute atomic E-state index is 0.195. The van der Waals surface area contributed by atoms with Crippen molar-refractivity contribution in [2.45, 2.75) is 15.2 Å². The standard InChI is InChI=1S/C15H12N2OS2/c18-10-15-17-9-14(20-15)12-8-16-7-6-13(12)19-11-4-2-1-3-5-11/h1-10,15,17H. The van der Waals surface area contributed by atoms with Crippen molar-refractivity contribution in [2.24, 2.45) is 0 Å². The summed E-state index contributed by atoms with van der Waals surface area (Å²) in [7, 11) is 0. The molecule has 0 fully saturated rings. The van der Waals surface area contributed by atoms with Gasteiger partial charge < -0.3 is 10.1 Å². The Morgan fingerprint density at radius 1 is 1.25 bits per heavy atom. The third-order valence-electron chi connectivity index (χ3n) is 2.77. The Morgan fingerprint density at radius 3 is 2.85 bits per heavy atom. The molecular formula is C15H12N2OS2. The summed E-state index contributed by atoms with van der Waals surface area (Å²) < 4.78 is 0. The van der Waals surface area contributed by atoms with Gasteiger partial charge in [0.2, 0.25) is 0 Å². The van der Waals surface area contributed by atoms with E-state index >= 15 is 0 Å². The van der Waals surface area contributed by atoms with Crippen LogP contribution in [-0.2, 0) is 4.79 Å². The van der Waals surface area contributed by atoms with Crippen molar-refractivity contribution in [3.63, 3.8) is 0 Å². The Labute approximate surface area is 125 Å². The summed E-state index contributed by atoms with van der Waals surface area (Å²) in [5.41, 5.74) is 1.06. The Bertz CT molecular complexity index is 643. The maximum absolute atomic E-state index is 10.8. The fourth-order valence-electron chi connectivity index (χ4n) is 1.84. The molecule has 2 heterocycles. The van der Waals surface area contributed by atoms with Crippen molar-refractivity contribution in [2.75, 3.05) is 0 Å². The first-order chi connectivity index (χ1) is 9.86. The molecule has 5 heteroatoms. The van der Waals surface area contributed by atoms with Crippen LogP contribution in [0, 0.1) is 0 Å². The molecule has 0 radical (unpaired) electrons. The fraction of sp³-hybridized carbons (Fsp3) is 0.0667. The van der Waals surface area contributed by atoms with Crippen LogP contribution >= 0.6 is 23.5 Å². The number of nitrogens with one attached hydrogen (secondary N) is 1. The maximum Gasteiger partial charge on any atom is 0.152 e. The zero-order chi connectivity index (χ0) is 13.8. The minimum atomic E-state index is -0.195. The summed E-state index contributed by atoms with van der Waals surface area (Å²) in [5, 5.41) is 2.85. The highest BCUT2D eigenvalue weighted by molar-refractivity contribution is 8.09. The quantitative estimate of drug-likeness (QED) is 0.877. The number of carbonyl (C=O) groups is 1. The Hall–Kier alpha value is -1.72. The first-order valence-electron chi connectivity index (χ1n) is 6.12. The van der Waals surface area contributed by atoms with Gasteiger partial charge in [0.25, 0.3) is 0 Å². The number of aldehydes is 1. The Morgan fingerprint density at radius 2 is 2.10 bits per heavy atom. The first-order valence-corrected chi connectivity index (χ1v) is 7.82. The lowest BCUT2D eigenvalue weighted by molar-refractivity contribution is -0.107. The molecule has 20 heavy (non-hydrogen) atoms. The Kier molecular flexibility index (Phi) is 4.08. The maximum atomic E-state index is 10.8. The molecule has 0 saturated heterocycles. The van der Waals surface area contributed by atoms with Gasteiger partial charge in [-0.2, -0.15) is 0 Å². The van der Waals surface area contributed by atoms with Gasteiger partial charge in [0, 0.05) is 38.9 Å². The van der Waals surface area contributed by atoms with E-state index in [1.54, 1.807) is 18.0 Å². The monoisotopic (exact) mass is 300 g/mol. The zero-order valence-electron chi connectivity index (χ0n) is 10.5. The van der Waals surface area contributed by atoms with Crippen LogP contribution in [0.4, 0.5) is 0 Å². The molecule has 0 saturated carbocycles. The molecule has 1 unspecified atom stereocenters. The summed E-state index contributed by atoms with van der Waals surface area (Å²) in [6, 6.07) is 12.2. The molecule has 1 N–H and O–H groups in total. The van der Waals surface area contributed by atoms with Gasteiger partial charge in [-0.15, -0.1) is 0 Å². The van der Waals surface area contributed by atoms with Crippen LogP contribution in [0.1, 0.15) is 5.56 Å². The fourth-order valence-corrected chi connectivity index (χ4v) is 3.75. The number of hydrogen-bond donors (Lipinski definition) is 1. The Balaban J connectivity index is 1.88. The van der Waals surface area contributed by atoms with E-state index in [1.807, 2.05) is 36.7 Å². The molecule has 0 amide bonds. The van der Waals surface area contributed by atoms with Crippen molar-refractivity contribution >= 4 is 34.7 Å². The number of hydrogen-bond acceptors (Lipinski definition) is 5. The van der Waals surface area contributed by atoms with Crippen LogP contribution in [0.2, 0.25) is 0 Å². The molecule has 0 spiro atoms. The SMILES string of the molecule is O=CC1NC=C(c2cnccc2Sc2ccccc2)S1. The van der Waals surface area contributed by atoms with Crippen LogP contribution in [-0.4, -0.2) is 16.6 Å². The second kappa shape index (κ2) is 6.15. The predicted octanol–water partition coefficient (Wildman–Crippen LogP) is 3.39. The van der Waals surface area contributed by atoms with Gasteiger partial charge >= 0.3 is 0 Å². The number of aromatic nitrogens is 1. The summed E-state index contributed by atoms with van der Waals surface area (Å²) in [6.45, 7) is 0. The summed E-state index contributed by atoms with van der Waals surface area (Å²) >= 11 is 3.22. The molecule has 1 atom stereocenters. The highest BCUT2D eigenvalue weighted by atomic mass is 32.2. The normalized spacial score (nSPS) is 17.4. The molecule has 3 nitrogen and oxygen atoms in total. The highest BCUT2D eigenvalue weighted by Gasteiger charge is 2.20. The van der Waals surface area contributed by atoms with E-state index in [2.05, 4.69) is 22.4 Å². The molecule has 1 aromatic heterocycles. The van der Waals surface area contributed by atoms with E-state index in [0.29, 0.717) is 0 Å². The molecule has 0 bridgehead atoms. The van der Waals surface area contributed by atoms with Crippen molar-refractivity contribution < 1.29 is 4.79 Å². The topological polar surface area (TPSA) is 42.0 Å². The zero-order valence-corrected chi connectivity index (χ0v) is 12.2. The number of pyridine rings is 1. The lowest BCUT2D eigenvalue weighted by Gasteiger charge is -2.09. The van der Waals surface area contributed by atoms with E-state index in [4.69, 9.17) is 0 Å². The van der Waals surface area contributed by atoms with E-state index in [-0.39, 0.29) is 5.37 Å². The van der Waals surface area contributed by atoms with Crippen molar-refractivity contribution in [1.82, 2.24) is 10.3 Å². The highest BCUT2D eigenvalue weighted by Crippen LogP contribution is 2.40.